The molecule has 0 saturated carbocycles. The summed E-state index contributed by atoms with van der Waals surface area (Å²) in [7, 11) is 0. The van der Waals surface area contributed by atoms with Crippen molar-refractivity contribution in [2.45, 2.75) is 13.0 Å². The zero-order chi connectivity index (χ0) is 16.9. The highest BCUT2D eigenvalue weighted by Gasteiger charge is 2.11. The van der Waals surface area contributed by atoms with E-state index in [4.69, 9.17) is 21.4 Å². The Morgan fingerprint density at radius 2 is 2.00 bits per heavy atom. The number of nitrogens with zero attached hydrogens (tertiary/aromatic N) is 1. The summed E-state index contributed by atoms with van der Waals surface area (Å²) >= 11 is 6.08. The number of halogens is 1. The van der Waals surface area contributed by atoms with Gasteiger partial charge in [0.15, 0.2) is 0 Å². The van der Waals surface area contributed by atoms with Gasteiger partial charge in [-0.2, -0.15) is 0 Å². The Morgan fingerprint density at radius 1 is 1.21 bits per heavy atom. The van der Waals surface area contributed by atoms with E-state index < -0.39 is 5.97 Å². The average molecular weight is 343 g/mol. The van der Waals surface area contributed by atoms with Crippen molar-refractivity contribution in [1.82, 2.24) is 9.97 Å². The average Bonchev–Trinajstić information content (AvgIpc) is 3.04. The molecule has 5 nitrogen and oxygen atoms in total. The second-order valence-electron chi connectivity index (χ2n) is 5.25. The lowest BCUT2D eigenvalue weighted by molar-refractivity contribution is 0.0691. The molecule has 3 aromatic rings. The van der Waals surface area contributed by atoms with Crippen molar-refractivity contribution in [3.63, 3.8) is 0 Å². The van der Waals surface area contributed by atoms with Crippen LogP contribution >= 0.6 is 11.6 Å². The molecule has 0 aliphatic carbocycles. The van der Waals surface area contributed by atoms with Gasteiger partial charge >= 0.3 is 5.97 Å². The van der Waals surface area contributed by atoms with Crippen LogP contribution in [0.5, 0.6) is 5.75 Å². The maximum atomic E-state index is 10.9. The predicted octanol–water partition coefficient (Wildman–Crippen LogP) is 3.93. The van der Waals surface area contributed by atoms with Crippen molar-refractivity contribution in [2.75, 3.05) is 0 Å². The van der Waals surface area contributed by atoms with E-state index in [2.05, 4.69) is 9.97 Å². The molecule has 0 amide bonds. The molecule has 2 aromatic carbocycles. The molecule has 0 aliphatic rings. The van der Waals surface area contributed by atoms with Crippen LogP contribution in [0.3, 0.4) is 0 Å². The SMILES string of the molecule is O=C(O)c1cnc(Cc2cc(Cl)ccc2OCc2ccccc2)[nH]1. The quantitative estimate of drug-likeness (QED) is 0.711. The third-order valence-electron chi connectivity index (χ3n) is 3.48. The number of carbonyl (C=O) groups is 1. The second kappa shape index (κ2) is 7.19. The minimum Gasteiger partial charge on any atom is -0.489 e. The molecular weight excluding hydrogens is 328 g/mol. The highest BCUT2D eigenvalue weighted by Crippen LogP contribution is 2.25. The van der Waals surface area contributed by atoms with Crippen LogP contribution in [0.25, 0.3) is 0 Å². The van der Waals surface area contributed by atoms with Gasteiger partial charge in [-0.05, 0) is 23.8 Å². The van der Waals surface area contributed by atoms with E-state index in [9.17, 15) is 4.79 Å². The minimum absolute atomic E-state index is 0.0544. The highest BCUT2D eigenvalue weighted by atomic mass is 35.5. The van der Waals surface area contributed by atoms with Gasteiger partial charge in [-0.1, -0.05) is 41.9 Å². The molecule has 0 spiro atoms. The predicted molar refractivity (Wildman–Crippen MR) is 90.6 cm³/mol. The molecule has 122 valence electrons. The summed E-state index contributed by atoms with van der Waals surface area (Å²) in [5.41, 5.74) is 1.95. The Morgan fingerprint density at radius 3 is 2.71 bits per heavy atom. The minimum atomic E-state index is -1.04. The zero-order valence-electron chi connectivity index (χ0n) is 12.7. The first-order chi connectivity index (χ1) is 11.6. The monoisotopic (exact) mass is 342 g/mol. The number of ether oxygens (including phenoxy) is 1. The van der Waals surface area contributed by atoms with Crippen LogP contribution in [0, 0.1) is 0 Å². The first-order valence-electron chi connectivity index (χ1n) is 7.34. The lowest BCUT2D eigenvalue weighted by Crippen LogP contribution is -2.01. The topological polar surface area (TPSA) is 75.2 Å². The summed E-state index contributed by atoms with van der Waals surface area (Å²) < 4.78 is 5.89. The maximum Gasteiger partial charge on any atom is 0.353 e. The fourth-order valence-corrected chi connectivity index (χ4v) is 2.50. The molecule has 6 heteroatoms. The number of hydrogen-bond acceptors (Lipinski definition) is 3. The number of imidazole rings is 1. The summed E-state index contributed by atoms with van der Waals surface area (Å²) in [4.78, 5) is 17.8. The van der Waals surface area contributed by atoms with Crippen LogP contribution in [-0.4, -0.2) is 21.0 Å². The number of hydrogen-bond donors (Lipinski definition) is 2. The molecule has 0 bridgehead atoms. The van der Waals surface area contributed by atoms with E-state index in [1.54, 1.807) is 12.1 Å². The highest BCUT2D eigenvalue weighted by molar-refractivity contribution is 6.30. The summed E-state index contributed by atoms with van der Waals surface area (Å²) in [5.74, 6) is 0.191. The number of aromatic amines is 1. The van der Waals surface area contributed by atoms with Gasteiger partial charge in [-0.3, -0.25) is 0 Å². The van der Waals surface area contributed by atoms with E-state index >= 15 is 0 Å². The zero-order valence-corrected chi connectivity index (χ0v) is 13.5. The number of nitrogens with one attached hydrogen (secondary N) is 1. The van der Waals surface area contributed by atoms with E-state index in [0.29, 0.717) is 29.6 Å². The molecular formula is C18H15ClN2O3. The van der Waals surface area contributed by atoms with Gasteiger partial charge in [-0.15, -0.1) is 0 Å². The van der Waals surface area contributed by atoms with Crippen LogP contribution in [0.15, 0.2) is 54.7 Å². The van der Waals surface area contributed by atoms with E-state index in [0.717, 1.165) is 11.1 Å². The first kappa shape index (κ1) is 16.1. The van der Waals surface area contributed by atoms with Gasteiger partial charge in [0.25, 0.3) is 0 Å². The maximum absolute atomic E-state index is 10.9. The van der Waals surface area contributed by atoms with Crippen LogP contribution in [-0.2, 0) is 13.0 Å². The molecule has 0 saturated heterocycles. The Labute approximate surface area is 143 Å². The lowest BCUT2D eigenvalue weighted by Gasteiger charge is -2.11. The van der Waals surface area contributed by atoms with Crippen molar-refractivity contribution >= 4 is 17.6 Å². The van der Waals surface area contributed by atoms with Gasteiger partial charge in [0.1, 0.15) is 23.9 Å². The van der Waals surface area contributed by atoms with Crippen LogP contribution < -0.4 is 4.74 Å². The molecule has 24 heavy (non-hydrogen) atoms. The molecule has 1 aromatic heterocycles. The Balaban J connectivity index is 1.78. The van der Waals surface area contributed by atoms with Crippen LogP contribution in [0.2, 0.25) is 5.02 Å². The van der Waals surface area contributed by atoms with Crippen LogP contribution in [0.4, 0.5) is 0 Å². The third kappa shape index (κ3) is 3.94. The largest absolute Gasteiger partial charge is 0.489 e. The second-order valence-corrected chi connectivity index (χ2v) is 5.69. The number of H-pyrrole nitrogens is 1. The molecule has 0 atom stereocenters. The summed E-state index contributed by atoms with van der Waals surface area (Å²) in [5, 5.41) is 9.54. The lowest BCUT2D eigenvalue weighted by atomic mass is 10.1. The normalized spacial score (nSPS) is 10.5. The Kier molecular flexibility index (Phi) is 4.82. The molecule has 0 aliphatic heterocycles. The van der Waals surface area contributed by atoms with Crippen molar-refractivity contribution in [3.05, 3.63) is 82.4 Å². The summed E-state index contributed by atoms with van der Waals surface area (Å²) in [6.45, 7) is 0.438. The molecule has 2 N–H and O–H groups in total. The molecule has 0 unspecified atom stereocenters. The van der Waals surface area contributed by atoms with E-state index in [1.165, 1.54) is 6.20 Å². The number of rotatable bonds is 6. The molecule has 1 heterocycles. The van der Waals surface area contributed by atoms with Crippen molar-refractivity contribution in [2.24, 2.45) is 0 Å². The van der Waals surface area contributed by atoms with Gasteiger partial charge in [0, 0.05) is 17.0 Å². The number of aromatic nitrogens is 2. The van der Waals surface area contributed by atoms with Gasteiger partial charge in [-0.25, -0.2) is 9.78 Å². The molecule has 0 radical (unpaired) electrons. The summed E-state index contributed by atoms with van der Waals surface area (Å²) in [6, 6.07) is 15.2. The molecule has 0 fully saturated rings. The Bertz CT molecular complexity index is 846. The number of carboxylic acids is 1. The smallest absolute Gasteiger partial charge is 0.353 e. The van der Waals surface area contributed by atoms with Crippen molar-refractivity contribution < 1.29 is 14.6 Å². The molecule has 3 rings (SSSR count). The van der Waals surface area contributed by atoms with Crippen molar-refractivity contribution in [3.8, 4) is 5.75 Å². The number of carboxylic acid groups (broad SMARTS) is 1. The fraction of sp³-hybridized carbons (Fsp3) is 0.111. The number of benzene rings is 2. The van der Waals surface area contributed by atoms with E-state index in [1.807, 2.05) is 36.4 Å². The standard InChI is InChI=1S/C18H15ClN2O3/c19-14-6-7-16(24-11-12-4-2-1-3-5-12)13(8-14)9-17-20-10-15(21-17)18(22)23/h1-8,10H,9,11H2,(H,20,21)(H,22,23). The van der Waals surface area contributed by atoms with Crippen molar-refractivity contribution in [1.29, 1.82) is 0 Å². The number of aromatic carboxylic acids is 1. The van der Waals surface area contributed by atoms with Crippen LogP contribution in [0.1, 0.15) is 27.4 Å². The first-order valence-corrected chi connectivity index (χ1v) is 7.72. The Hall–Kier alpha value is -2.79. The van der Waals surface area contributed by atoms with E-state index in [-0.39, 0.29) is 5.69 Å². The summed E-state index contributed by atoms with van der Waals surface area (Å²) in [6.07, 6.45) is 1.70. The van der Waals surface area contributed by atoms with Gasteiger partial charge < -0.3 is 14.8 Å². The fourth-order valence-electron chi connectivity index (χ4n) is 2.30. The third-order valence-corrected chi connectivity index (χ3v) is 3.71. The van der Waals surface area contributed by atoms with Gasteiger partial charge in [0.2, 0.25) is 0 Å². The van der Waals surface area contributed by atoms with Gasteiger partial charge in [0.05, 0.1) is 6.20 Å².